The molecule has 10 nitrogen and oxygen atoms in total. The molecule has 2 amide bonds. The Morgan fingerprint density at radius 3 is 2.47 bits per heavy atom. The number of aromatic hydroxyl groups is 1. The highest BCUT2D eigenvalue weighted by Gasteiger charge is 2.50. The highest BCUT2D eigenvalue weighted by molar-refractivity contribution is 8.26. The number of amides is 2. The first-order valence-electron chi connectivity index (χ1n) is 11.9. The van der Waals surface area contributed by atoms with Gasteiger partial charge in [-0.1, -0.05) is 17.8 Å². The number of carbonyl (C=O) groups is 2. The van der Waals surface area contributed by atoms with E-state index in [0.717, 1.165) is 6.07 Å². The van der Waals surface area contributed by atoms with Crippen molar-refractivity contribution in [1.82, 2.24) is 14.9 Å². The van der Waals surface area contributed by atoms with Crippen LogP contribution in [0.1, 0.15) is 54.2 Å². The number of thioether (sulfide) groups is 1. The summed E-state index contributed by atoms with van der Waals surface area (Å²) in [5.74, 6) is -3.07. The van der Waals surface area contributed by atoms with Crippen LogP contribution in [0.25, 0.3) is 0 Å². The Balaban J connectivity index is 1.62. The number of rotatable bonds is 4. The van der Waals surface area contributed by atoms with E-state index >= 15 is 0 Å². The molecule has 0 saturated heterocycles. The van der Waals surface area contributed by atoms with E-state index in [0.29, 0.717) is 43.5 Å². The molecule has 2 aromatic rings. The molecule has 0 atom stereocenters. The number of aromatic nitrogens is 1. The van der Waals surface area contributed by atoms with Gasteiger partial charge in [0.25, 0.3) is 5.91 Å². The van der Waals surface area contributed by atoms with Crippen molar-refractivity contribution in [2.75, 3.05) is 19.1 Å². The van der Waals surface area contributed by atoms with E-state index in [2.05, 4.69) is 5.32 Å². The Kier molecular flexibility index (Phi) is 7.33. The Morgan fingerprint density at radius 2 is 1.87 bits per heavy atom. The van der Waals surface area contributed by atoms with Crippen LogP contribution in [0.5, 0.6) is 5.75 Å². The monoisotopic (exact) mass is 546 g/mol. The van der Waals surface area contributed by atoms with Gasteiger partial charge in [-0.3, -0.25) is 34.9 Å². The SMILES string of the molecule is CC(=O)NC1CCC2(CC1)N(C)C(=O)c1c(O)c(=O)c(C(=N)SC(=N)Cc3ccc(F)cc3F)cn1N2C. The first kappa shape index (κ1) is 27.3. The van der Waals surface area contributed by atoms with Gasteiger partial charge in [0.05, 0.1) is 10.6 Å². The van der Waals surface area contributed by atoms with Crippen molar-refractivity contribution in [3.8, 4) is 5.75 Å². The maximum atomic E-state index is 14.0. The number of hydrogen-bond donors (Lipinski definition) is 4. The Bertz CT molecular complexity index is 1400. The van der Waals surface area contributed by atoms with Crippen LogP contribution >= 0.6 is 11.8 Å². The maximum absolute atomic E-state index is 14.0. The standard InChI is InChI=1S/C25H28F2N6O4S/c1-13(34)30-16-6-8-25(9-7-16)31(2)24(37)20-22(36)21(35)17(12-33(20)32(25)3)23(29)38-19(28)10-14-4-5-15(26)11-18(14)27/h4-5,11-12,16,28-29,36H,6-10H2,1-3H3,(H,30,34). The van der Waals surface area contributed by atoms with Crippen molar-refractivity contribution in [2.45, 2.75) is 50.7 Å². The van der Waals surface area contributed by atoms with E-state index in [-0.39, 0.29) is 45.3 Å². The zero-order valence-corrected chi connectivity index (χ0v) is 21.9. The Labute approximate surface area is 221 Å². The number of halogens is 2. The minimum atomic E-state index is -0.935. The molecule has 0 unspecified atom stereocenters. The number of nitrogens with zero attached hydrogens (tertiary/aromatic N) is 3. The van der Waals surface area contributed by atoms with Crippen LogP contribution in [-0.2, 0) is 11.2 Å². The lowest BCUT2D eigenvalue weighted by Crippen LogP contribution is -2.69. The van der Waals surface area contributed by atoms with Crippen molar-refractivity contribution in [3.63, 3.8) is 0 Å². The molecule has 1 aliphatic heterocycles. The molecule has 1 fully saturated rings. The average molecular weight is 547 g/mol. The lowest BCUT2D eigenvalue weighted by atomic mass is 9.83. The van der Waals surface area contributed by atoms with E-state index in [1.807, 2.05) is 0 Å². The average Bonchev–Trinajstić information content (AvgIpc) is 2.85. The van der Waals surface area contributed by atoms with Crippen molar-refractivity contribution in [2.24, 2.45) is 0 Å². The molecule has 1 aliphatic carbocycles. The lowest BCUT2D eigenvalue weighted by molar-refractivity contribution is -0.120. The van der Waals surface area contributed by atoms with Crippen LogP contribution in [0.4, 0.5) is 8.78 Å². The second kappa shape index (κ2) is 10.2. The molecule has 4 N–H and O–H groups in total. The molecular weight excluding hydrogens is 518 g/mol. The number of pyridine rings is 1. The molecule has 13 heteroatoms. The van der Waals surface area contributed by atoms with Crippen molar-refractivity contribution < 1.29 is 23.5 Å². The number of nitrogens with one attached hydrogen (secondary N) is 3. The summed E-state index contributed by atoms with van der Waals surface area (Å²) in [4.78, 5) is 39.3. The highest BCUT2D eigenvalue weighted by atomic mass is 32.2. The van der Waals surface area contributed by atoms with E-state index in [9.17, 15) is 28.3 Å². The van der Waals surface area contributed by atoms with E-state index in [1.165, 1.54) is 28.8 Å². The summed E-state index contributed by atoms with van der Waals surface area (Å²) in [7, 11) is 3.32. The summed E-state index contributed by atoms with van der Waals surface area (Å²) in [6, 6.07) is 2.95. The predicted molar refractivity (Wildman–Crippen MR) is 140 cm³/mol. The van der Waals surface area contributed by atoms with Gasteiger partial charge in [-0.05, 0) is 37.3 Å². The fourth-order valence-electron chi connectivity index (χ4n) is 5.18. The van der Waals surface area contributed by atoms with Gasteiger partial charge in [0.2, 0.25) is 11.3 Å². The van der Waals surface area contributed by atoms with E-state index in [4.69, 9.17) is 10.8 Å². The topological polar surface area (TPSA) is 143 Å². The molecule has 1 aromatic carbocycles. The van der Waals surface area contributed by atoms with E-state index in [1.54, 1.807) is 19.1 Å². The van der Waals surface area contributed by atoms with Gasteiger partial charge < -0.3 is 15.3 Å². The molecule has 1 spiro atoms. The summed E-state index contributed by atoms with van der Waals surface area (Å²) in [5, 5.41) is 31.5. The van der Waals surface area contributed by atoms with Gasteiger partial charge in [-0.2, -0.15) is 0 Å². The second-order valence-corrected chi connectivity index (χ2v) is 10.6. The fourth-order valence-corrected chi connectivity index (χ4v) is 5.90. The molecule has 4 rings (SSSR count). The van der Waals surface area contributed by atoms with Gasteiger partial charge in [0.1, 0.15) is 22.3 Å². The first-order valence-corrected chi connectivity index (χ1v) is 12.7. The molecule has 2 heterocycles. The Morgan fingerprint density at radius 1 is 1.21 bits per heavy atom. The third-order valence-electron chi connectivity index (χ3n) is 7.25. The van der Waals surface area contributed by atoms with Gasteiger partial charge in [-0.15, -0.1) is 0 Å². The summed E-state index contributed by atoms with van der Waals surface area (Å²) < 4.78 is 28.5. The van der Waals surface area contributed by atoms with Crippen LogP contribution in [0.2, 0.25) is 0 Å². The molecular formula is C25H28F2N6O4S. The summed E-state index contributed by atoms with van der Waals surface area (Å²) >= 11 is 0.597. The van der Waals surface area contributed by atoms with Crippen LogP contribution in [0.15, 0.2) is 29.2 Å². The molecule has 202 valence electrons. The molecule has 0 bridgehead atoms. The van der Waals surface area contributed by atoms with Gasteiger partial charge in [0, 0.05) is 45.7 Å². The summed E-state index contributed by atoms with van der Waals surface area (Å²) in [5.41, 5.74) is -2.13. The highest BCUT2D eigenvalue weighted by Crippen LogP contribution is 2.39. The number of fused-ring (bicyclic) bond motifs is 1. The fraction of sp³-hybridized carbons (Fsp3) is 0.400. The van der Waals surface area contributed by atoms with Gasteiger partial charge in [-0.25, -0.2) is 8.78 Å². The van der Waals surface area contributed by atoms with Gasteiger partial charge >= 0.3 is 0 Å². The first-order chi connectivity index (χ1) is 17.9. The quantitative estimate of drug-likeness (QED) is 0.343. The second-order valence-electron chi connectivity index (χ2n) is 9.53. The number of carbonyl (C=O) groups excluding carboxylic acids is 2. The smallest absolute Gasteiger partial charge is 0.278 e. The van der Waals surface area contributed by atoms with Crippen LogP contribution in [-0.4, -0.2) is 62.4 Å². The van der Waals surface area contributed by atoms with Crippen LogP contribution in [0, 0.1) is 22.5 Å². The summed E-state index contributed by atoms with van der Waals surface area (Å²) in [6.07, 6.45) is 3.32. The molecule has 2 aliphatic rings. The maximum Gasteiger partial charge on any atom is 0.278 e. The normalized spacial score (nSPS) is 20.9. The predicted octanol–water partition coefficient (Wildman–Crippen LogP) is 2.54. The minimum absolute atomic E-state index is 0.0315. The Hall–Kier alpha value is -3.74. The molecule has 38 heavy (non-hydrogen) atoms. The molecule has 1 saturated carbocycles. The van der Waals surface area contributed by atoms with Crippen LogP contribution in [0.3, 0.4) is 0 Å². The number of benzene rings is 1. The lowest BCUT2D eigenvalue weighted by Gasteiger charge is -2.55. The minimum Gasteiger partial charge on any atom is -0.502 e. The largest absolute Gasteiger partial charge is 0.502 e. The van der Waals surface area contributed by atoms with Crippen molar-refractivity contribution in [3.05, 3.63) is 63.1 Å². The third kappa shape index (κ3) is 4.77. The number of hydrogen-bond acceptors (Lipinski definition) is 8. The van der Waals surface area contributed by atoms with Crippen molar-refractivity contribution >= 4 is 33.7 Å². The van der Waals surface area contributed by atoms with Crippen molar-refractivity contribution in [1.29, 1.82) is 10.8 Å². The molecule has 1 aromatic heterocycles. The zero-order chi connectivity index (χ0) is 27.9. The van der Waals surface area contributed by atoms with E-state index < -0.39 is 34.4 Å². The summed E-state index contributed by atoms with van der Waals surface area (Å²) in [6.45, 7) is 1.45. The molecule has 0 radical (unpaired) electrons. The van der Waals surface area contributed by atoms with Crippen LogP contribution < -0.4 is 15.8 Å². The third-order valence-corrected chi connectivity index (χ3v) is 8.07. The zero-order valence-electron chi connectivity index (χ0n) is 21.1. The van der Waals surface area contributed by atoms with Gasteiger partial charge in [0.15, 0.2) is 11.4 Å².